The summed E-state index contributed by atoms with van der Waals surface area (Å²) in [6, 6.07) is 0.306. The third-order valence-corrected chi connectivity index (χ3v) is 3.70. The summed E-state index contributed by atoms with van der Waals surface area (Å²) in [5.41, 5.74) is 1.39. The first kappa shape index (κ1) is 12.6. The van der Waals surface area contributed by atoms with Crippen molar-refractivity contribution >= 4 is 5.97 Å². The van der Waals surface area contributed by atoms with Gasteiger partial charge in [-0.3, -0.25) is 0 Å². The molecule has 104 valence electrons. The number of aromatic nitrogens is 3. The number of hydrogen-bond acceptors (Lipinski definition) is 5. The predicted octanol–water partition coefficient (Wildman–Crippen LogP) is 1.68. The normalized spacial score (nSPS) is 20.5. The maximum Gasteiger partial charge on any atom is 0.360 e. The summed E-state index contributed by atoms with van der Waals surface area (Å²) in [7, 11) is 0. The molecule has 0 aromatic carbocycles. The van der Waals surface area contributed by atoms with Crippen molar-refractivity contribution in [2.24, 2.45) is 0 Å². The van der Waals surface area contributed by atoms with Crippen LogP contribution in [0, 0.1) is 0 Å². The van der Waals surface area contributed by atoms with Crippen molar-refractivity contribution in [2.45, 2.75) is 44.6 Å². The monoisotopic (exact) mass is 265 g/mol. The van der Waals surface area contributed by atoms with E-state index < -0.39 is 0 Å². The number of carbonyl (C=O) groups excluding carboxylic acids is 1. The fraction of sp³-hybridized carbons (Fsp3) is 0.769. The number of esters is 1. The highest BCUT2D eigenvalue weighted by Gasteiger charge is 2.36. The SMILES string of the molecule is CCOC(=O)c1nnn(C2CCOCC2)c1C1CC1. The molecule has 19 heavy (non-hydrogen) atoms. The molecule has 0 amide bonds. The number of nitrogens with zero attached hydrogens (tertiary/aromatic N) is 3. The molecular weight excluding hydrogens is 246 g/mol. The van der Waals surface area contributed by atoms with Crippen LogP contribution >= 0.6 is 0 Å². The highest BCUT2D eigenvalue weighted by molar-refractivity contribution is 5.88. The molecule has 1 aromatic rings. The molecule has 2 heterocycles. The molecule has 0 bridgehead atoms. The Labute approximate surface area is 112 Å². The summed E-state index contributed by atoms with van der Waals surface area (Å²) < 4.78 is 12.4. The van der Waals surface area contributed by atoms with Crippen LogP contribution in [-0.2, 0) is 9.47 Å². The van der Waals surface area contributed by atoms with Crippen LogP contribution in [0.2, 0.25) is 0 Å². The molecule has 1 aliphatic heterocycles. The summed E-state index contributed by atoms with van der Waals surface area (Å²) in [5, 5.41) is 8.28. The Morgan fingerprint density at radius 3 is 2.74 bits per heavy atom. The van der Waals surface area contributed by atoms with Crippen molar-refractivity contribution in [3.05, 3.63) is 11.4 Å². The molecule has 6 nitrogen and oxygen atoms in total. The first-order valence-corrected chi connectivity index (χ1v) is 7.01. The van der Waals surface area contributed by atoms with Crippen LogP contribution in [0.5, 0.6) is 0 Å². The van der Waals surface area contributed by atoms with Crippen molar-refractivity contribution in [3.8, 4) is 0 Å². The Morgan fingerprint density at radius 1 is 1.37 bits per heavy atom. The highest BCUT2D eigenvalue weighted by atomic mass is 16.5. The second-order valence-electron chi connectivity index (χ2n) is 5.11. The molecular formula is C13H19N3O3. The summed E-state index contributed by atoms with van der Waals surface area (Å²) in [5.74, 6) is 0.0833. The van der Waals surface area contributed by atoms with Gasteiger partial charge in [0, 0.05) is 19.1 Å². The summed E-state index contributed by atoms with van der Waals surface area (Å²) in [6.45, 7) is 3.68. The van der Waals surface area contributed by atoms with Crippen LogP contribution in [0.4, 0.5) is 0 Å². The minimum atomic E-state index is -0.345. The molecule has 0 spiro atoms. The first-order chi connectivity index (χ1) is 9.31. The molecule has 3 rings (SSSR count). The average molecular weight is 265 g/mol. The molecule has 6 heteroatoms. The molecule has 1 saturated carbocycles. The van der Waals surface area contributed by atoms with E-state index in [4.69, 9.17) is 9.47 Å². The molecule has 2 fully saturated rings. The van der Waals surface area contributed by atoms with Gasteiger partial charge < -0.3 is 9.47 Å². The minimum absolute atomic E-state index is 0.306. The van der Waals surface area contributed by atoms with Gasteiger partial charge in [0.25, 0.3) is 0 Å². The lowest BCUT2D eigenvalue weighted by Gasteiger charge is -2.23. The molecule has 2 aliphatic rings. The van der Waals surface area contributed by atoms with Crippen LogP contribution < -0.4 is 0 Å². The zero-order valence-corrected chi connectivity index (χ0v) is 11.2. The van der Waals surface area contributed by atoms with E-state index in [0.717, 1.165) is 44.6 Å². The standard InChI is InChI=1S/C13H19N3O3/c1-2-19-13(17)11-12(9-3-4-9)16(15-14-11)10-5-7-18-8-6-10/h9-10H,2-8H2,1H3. The van der Waals surface area contributed by atoms with Crippen molar-refractivity contribution in [1.82, 2.24) is 15.0 Å². The van der Waals surface area contributed by atoms with Crippen molar-refractivity contribution in [2.75, 3.05) is 19.8 Å². The summed E-state index contributed by atoms with van der Waals surface area (Å²) in [6.07, 6.45) is 4.10. The Bertz CT molecular complexity index is 462. The van der Waals surface area contributed by atoms with E-state index in [2.05, 4.69) is 10.3 Å². The van der Waals surface area contributed by atoms with Crippen molar-refractivity contribution in [1.29, 1.82) is 0 Å². The first-order valence-electron chi connectivity index (χ1n) is 7.01. The van der Waals surface area contributed by atoms with E-state index in [9.17, 15) is 4.79 Å². The molecule has 0 unspecified atom stereocenters. The third kappa shape index (κ3) is 2.49. The van der Waals surface area contributed by atoms with E-state index >= 15 is 0 Å². The zero-order chi connectivity index (χ0) is 13.2. The quantitative estimate of drug-likeness (QED) is 0.775. The van der Waals surface area contributed by atoms with Gasteiger partial charge in [0.15, 0.2) is 5.69 Å². The number of rotatable bonds is 4. The lowest BCUT2D eigenvalue weighted by Crippen LogP contribution is -2.22. The maximum atomic E-state index is 11.9. The lowest BCUT2D eigenvalue weighted by molar-refractivity contribution is 0.0517. The molecule has 0 radical (unpaired) electrons. The van der Waals surface area contributed by atoms with Gasteiger partial charge in [-0.05, 0) is 32.6 Å². The predicted molar refractivity (Wildman–Crippen MR) is 67.0 cm³/mol. The van der Waals surface area contributed by atoms with E-state index in [0.29, 0.717) is 24.3 Å². The summed E-state index contributed by atoms with van der Waals surface area (Å²) >= 11 is 0. The Morgan fingerprint density at radius 2 is 2.11 bits per heavy atom. The Balaban J connectivity index is 1.89. The van der Waals surface area contributed by atoms with Gasteiger partial charge in [-0.1, -0.05) is 5.21 Å². The topological polar surface area (TPSA) is 66.2 Å². The Kier molecular flexibility index (Phi) is 3.50. The second-order valence-corrected chi connectivity index (χ2v) is 5.11. The van der Waals surface area contributed by atoms with Gasteiger partial charge in [0.05, 0.1) is 18.3 Å². The van der Waals surface area contributed by atoms with Gasteiger partial charge in [-0.15, -0.1) is 5.10 Å². The van der Waals surface area contributed by atoms with Crippen molar-refractivity contribution in [3.63, 3.8) is 0 Å². The highest BCUT2D eigenvalue weighted by Crippen LogP contribution is 2.42. The van der Waals surface area contributed by atoms with Crippen LogP contribution in [0.15, 0.2) is 0 Å². The molecule has 0 atom stereocenters. The van der Waals surface area contributed by atoms with Crippen LogP contribution in [0.3, 0.4) is 0 Å². The second kappa shape index (κ2) is 5.28. The van der Waals surface area contributed by atoms with E-state index in [-0.39, 0.29) is 5.97 Å². The van der Waals surface area contributed by atoms with E-state index in [1.54, 1.807) is 6.92 Å². The van der Waals surface area contributed by atoms with Gasteiger partial charge in [-0.25, -0.2) is 9.48 Å². The minimum Gasteiger partial charge on any atom is -0.461 e. The van der Waals surface area contributed by atoms with Gasteiger partial charge in [0.1, 0.15) is 0 Å². The van der Waals surface area contributed by atoms with E-state index in [1.807, 2.05) is 4.68 Å². The fourth-order valence-corrected chi connectivity index (χ4v) is 2.58. The van der Waals surface area contributed by atoms with Gasteiger partial charge in [0.2, 0.25) is 0 Å². The van der Waals surface area contributed by atoms with Crippen molar-refractivity contribution < 1.29 is 14.3 Å². The van der Waals surface area contributed by atoms with Gasteiger partial charge in [-0.2, -0.15) is 0 Å². The van der Waals surface area contributed by atoms with Gasteiger partial charge >= 0.3 is 5.97 Å². The smallest absolute Gasteiger partial charge is 0.360 e. The Hall–Kier alpha value is -1.43. The van der Waals surface area contributed by atoms with E-state index in [1.165, 1.54) is 0 Å². The number of carbonyl (C=O) groups is 1. The molecule has 1 aromatic heterocycles. The number of ether oxygens (including phenoxy) is 2. The van der Waals surface area contributed by atoms with Crippen LogP contribution in [0.25, 0.3) is 0 Å². The zero-order valence-electron chi connectivity index (χ0n) is 11.2. The largest absolute Gasteiger partial charge is 0.461 e. The average Bonchev–Trinajstić information content (AvgIpc) is 3.18. The number of hydrogen-bond donors (Lipinski definition) is 0. The fourth-order valence-electron chi connectivity index (χ4n) is 2.58. The molecule has 0 N–H and O–H groups in total. The summed E-state index contributed by atoms with van der Waals surface area (Å²) in [4.78, 5) is 11.9. The third-order valence-electron chi connectivity index (χ3n) is 3.70. The van der Waals surface area contributed by atoms with Crippen LogP contribution in [0.1, 0.15) is 60.7 Å². The maximum absolute atomic E-state index is 11.9. The van der Waals surface area contributed by atoms with Crippen LogP contribution in [-0.4, -0.2) is 40.8 Å². The molecule has 1 aliphatic carbocycles. The lowest BCUT2D eigenvalue weighted by atomic mass is 10.1. The molecule has 1 saturated heterocycles.